The molecule has 0 unspecified atom stereocenters. The summed E-state index contributed by atoms with van der Waals surface area (Å²) in [5.74, 6) is 0.901. The van der Waals surface area contributed by atoms with Gasteiger partial charge in [0.15, 0.2) is 0 Å². The minimum absolute atomic E-state index is 0. The maximum Gasteiger partial charge on any atom is 0.148 e. The fourth-order valence-electron chi connectivity index (χ4n) is 11.1. The molecule has 368 valence electrons. The number of fused-ring (bicyclic) bond motifs is 7. The third kappa shape index (κ3) is 7.98. The molecule has 0 spiro atoms. The second-order valence-corrected chi connectivity index (χ2v) is 21.6. The Kier molecular flexibility index (Phi) is 11.6. The number of rotatable bonds is 7. The Morgan fingerprint density at radius 2 is 1.03 bits per heavy atom. The van der Waals surface area contributed by atoms with Crippen LogP contribution in [-0.2, 0) is 31.9 Å². The van der Waals surface area contributed by atoms with E-state index in [1.54, 1.807) is 0 Å². The van der Waals surface area contributed by atoms with Crippen molar-refractivity contribution in [2.24, 2.45) is 0 Å². The SMILES string of the molecule is CC(C)(C)c1cc(-c2nc3c(-c4[c-]c(-c5cc(-c6cccc7c8ccccc8n(-c8ccccc8)c67)ccn5)ccc4)cccc3n2-c2ccc3c4ccccc4n(-c4ccccc4)c3c2)c(O)c(C(C)(C)C)c1.[Pt]. The third-order valence-electron chi connectivity index (χ3n) is 14.8. The van der Waals surface area contributed by atoms with Gasteiger partial charge in [-0.3, -0.25) is 9.55 Å². The molecule has 0 saturated heterocycles. The van der Waals surface area contributed by atoms with Crippen LogP contribution in [0.25, 0.3) is 117 Å². The van der Waals surface area contributed by atoms with Crippen LogP contribution in [0.3, 0.4) is 0 Å². The molecule has 13 aromatic rings. The molecular weight excluding hydrogens is 1100 g/mol. The number of benzene rings is 9. The van der Waals surface area contributed by atoms with Gasteiger partial charge >= 0.3 is 0 Å². The Hall–Kier alpha value is -8.31. The van der Waals surface area contributed by atoms with Crippen molar-refractivity contribution in [3.63, 3.8) is 0 Å². The van der Waals surface area contributed by atoms with Crippen LogP contribution in [-0.4, -0.2) is 28.8 Å². The Labute approximate surface area is 451 Å². The molecular formula is C68H54N5OPt-. The predicted molar refractivity (Wildman–Crippen MR) is 307 cm³/mol. The molecule has 0 fully saturated rings. The average molecular weight is 1150 g/mol. The molecule has 0 aliphatic heterocycles. The van der Waals surface area contributed by atoms with E-state index in [0.29, 0.717) is 11.4 Å². The van der Waals surface area contributed by atoms with Gasteiger partial charge in [-0.2, -0.15) is 0 Å². The van der Waals surface area contributed by atoms with Crippen LogP contribution in [0.5, 0.6) is 5.75 Å². The van der Waals surface area contributed by atoms with Gasteiger partial charge in [0.25, 0.3) is 0 Å². The monoisotopic (exact) mass is 1150 g/mol. The zero-order valence-corrected chi connectivity index (χ0v) is 45.0. The van der Waals surface area contributed by atoms with Crippen molar-refractivity contribution in [1.29, 1.82) is 0 Å². The number of hydrogen-bond donors (Lipinski definition) is 1. The fourth-order valence-corrected chi connectivity index (χ4v) is 11.1. The average Bonchev–Trinajstić information content (AvgIpc) is 4.09. The molecule has 0 amide bonds. The van der Waals surface area contributed by atoms with Gasteiger partial charge in [0.1, 0.15) is 11.6 Å². The first-order valence-electron chi connectivity index (χ1n) is 25.5. The summed E-state index contributed by atoms with van der Waals surface area (Å²) in [5.41, 5.74) is 17.3. The molecule has 0 aliphatic carbocycles. The molecule has 0 aliphatic rings. The molecule has 4 heterocycles. The van der Waals surface area contributed by atoms with Crippen LogP contribution in [0.1, 0.15) is 52.7 Å². The van der Waals surface area contributed by atoms with E-state index in [9.17, 15) is 5.11 Å². The molecule has 7 heteroatoms. The summed E-state index contributed by atoms with van der Waals surface area (Å²) < 4.78 is 6.97. The van der Waals surface area contributed by atoms with Crippen molar-refractivity contribution in [1.82, 2.24) is 23.7 Å². The van der Waals surface area contributed by atoms with E-state index in [1.807, 2.05) is 6.20 Å². The van der Waals surface area contributed by atoms with E-state index >= 15 is 0 Å². The van der Waals surface area contributed by atoms with Crippen LogP contribution < -0.4 is 0 Å². The van der Waals surface area contributed by atoms with Crippen molar-refractivity contribution in [2.45, 2.75) is 52.4 Å². The molecule has 4 aromatic heterocycles. The first kappa shape index (κ1) is 47.7. The minimum Gasteiger partial charge on any atom is -0.507 e. The van der Waals surface area contributed by atoms with Crippen molar-refractivity contribution in [3.8, 4) is 67.7 Å². The Morgan fingerprint density at radius 1 is 0.440 bits per heavy atom. The van der Waals surface area contributed by atoms with Gasteiger partial charge in [-0.25, -0.2) is 4.98 Å². The number of pyridine rings is 1. The van der Waals surface area contributed by atoms with E-state index in [0.717, 1.165) is 94.7 Å². The maximum atomic E-state index is 12.6. The summed E-state index contributed by atoms with van der Waals surface area (Å²) in [4.78, 5) is 10.6. The number of phenols is 1. The van der Waals surface area contributed by atoms with Gasteiger partial charge in [-0.05, 0) is 88.7 Å². The molecule has 75 heavy (non-hydrogen) atoms. The number of imidazole rings is 1. The smallest absolute Gasteiger partial charge is 0.148 e. The number of aromatic nitrogens is 5. The summed E-state index contributed by atoms with van der Waals surface area (Å²) in [5, 5.41) is 17.3. The van der Waals surface area contributed by atoms with Crippen LogP contribution in [0.4, 0.5) is 0 Å². The standard InChI is InChI=1S/C68H54N5O.Pt/c1-67(2,3)46-40-56(65(74)57(41-46)68(4,5)6)66-70-63-50(28-19-33-61(63)73(66)49-34-35-54-52-26-13-15-31-59(52)71(62(54)42-49)47-22-9-7-10-23-47)43-20-17-21-45(38-43)58-39-44(36-37-69-58)51-29-18-30-55-53-27-14-16-32-60(53)72(64(51)55)48-24-11-8-12-25-48;/h7-37,39-42,74H,1-6H3;/q-1;. The van der Waals surface area contributed by atoms with Gasteiger partial charge in [-0.1, -0.05) is 174 Å². The minimum atomic E-state index is -0.342. The molecule has 0 bridgehead atoms. The van der Waals surface area contributed by atoms with Crippen LogP contribution in [0, 0.1) is 6.07 Å². The number of hydrogen-bond acceptors (Lipinski definition) is 3. The van der Waals surface area contributed by atoms with E-state index < -0.39 is 0 Å². The fraction of sp³-hybridized carbons (Fsp3) is 0.118. The van der Waals surface area contributed by atoms with E-state index in [2.05, 4.69) is 268 Å². The topological polar surface area (TPSA) is 60.8 Å². The third-order valence-corrected chi connectivity index (χ3v) is 14.8. The quantitative estimate of drug-likeness (QED) is 0.162. The summed E-state index contributed by atoms with van der Waals surface area (Å²) in [7, 11) is 0. The first-order chi connectivity index (χ1) is 35.9. The van der Waals surface area contributed by atoms with Gasteiger partial charge in [0.2, 0.25) is 0 Å². The zero-order valence-electron chi connectivity index (χ0n) is 42.7. The van der Waals surface area contributed by atoms with Gasteiger partial charge in [0.05, 0.1) is 38.7 Å². The number of nitrogens with zero attached hydrogens (tertiary/aromatic N) is 5. The van der Waals surface area contributed by atoms with E-state index in [4.69, 9.17) is 9.97 Å². The summed E-state index contributed by atoms with van der Waals surface area (Å²) in [6, 6.07) is 76.8. The van der Waals surface area contributed by atoms with Gasteiger partial charge in [0, 0.05) is 82.7 Å². The van der Waals surface area contributed by atoms with Crippen LogP contribution >= 0.6 is 0 Å². The summed E-state index contributed by atoms with van der Waals surface area (Å²) in [6.07, 6.45) is 1.91. The molecule has 9 aromatic carbocycles. The number of para-hydroxylation sites is 6. The van der Waals surface area contributed by atoms with Crippen LogP contribution in [0.2, 0.25) is 0 Å². The Bertz CT molecular complexity index is 4340. The summed E-state index contributed by atoms with van der Waals surface area (Å²) >= 11 is 0. The molecule has 0 radical (unpaired) electrons. The molecule has 13 rings (SSSR count). The van der Waals surface area contributed by atoms with Crippen molar-refractivity contribution < 1.29 is 26.2 Å². The molecule has 0 saturated carbocycles. The molecule has 1 N–H and O–H groups in total. The number of aromatic hydroxyl groups is 1. The van der Waals surface area contributed by atoms with Gasteiger partial charge in [-0.15, -0.1) is 29.8 Å². The normalized spacial score (nSPS) is 12.1. The second-order valence-electron chi connectivity index (χ2n) is 21.6. The van der Waals surface area contributed by atoms with Crippen molar-refractivity contribution in [3.05, 3.63) is 230 Å². The predicted octanol–water partition coefficient (Wildman–Crippen LogP) is 17.4. The van der Waals surface area contributed by atoms with E-state index in [-0.39, 0.29) is 37.6 Å². The van der Waals surface area contributed by atoms with E-state index in [1.165, 1.54) is 21.7 Å². The first-order valence-corrected chi connectivity index (χ1v) is 25.5. The summed E-state index contributed by atoms with van der Waals surface area (Å²) in [6.45, 7) is 13.2. The Balaban J connectivity index is 0.00000569. The Morgan fingerprint density at radius 3 is 1.75 bits per heavy atom. The van der Waals surface area contributed by atoms with Crippen molar-refractivity contribution in [2.75, 3.05) is 0 Å². The second kappa shape index (κ2) is 18.3. The number of phenolic OH excluding ortho intramolecular Hbond substituents is 1. The van der Waals surface area contributed by atoms with Crippen molar-refractivity contribution >= 4 is 54.6 Å². The van der Waals surface area contributed by atoms with Gasteiger partial charge < -0.3 is 14.2 Å². The molecule has 0 atom stereocenters. The molecule has 6 nitrogen and oxygen atoms in total. The van der Waals surface area contributed by atoms with Crippen LogP contribution in [0.15, 0.2) is 212 Å². The largest absolute Gasteiger partial charge is 0.507 e. The maximum absolute atomic E-state index is 12.6. The zero-order chi connectivity index (χ0) is 50.5.